The summed E-state index contributed by atoms with van der Waals surface area (Å²) in [6.07, 6.45) is 6.27. The van der Waals surface area contributed by atoms with Crippen LogP contribution in [0, 0.1) is 0 Å². The van der Waals surface area contributed by atoms with Crippen LogP contribution in [0.1, 0.15) is 44.9 Å². The largest absolute Gasteiger partial charge is 0.481 e. The van der Waals surface area contributed by atoms with Crippen molar-refractivity contribution in [1.29, 1.82) is 0 Å². The van der Waals surface area contributed by atoms with Crippen LogP contribution in [0.25, 0.3) is 0 Å². The lowest BCUT2D eigenvalue weighted by Gasteiger charge is -2.24. The summed E-state index contributed by atoms with van der Waals surface area (Å²) < 4.78 is -0.0375. The smallest absolute Gasteiger partial charge is 0.304 e. The van der Waals surface area contributed by atoms with Crippen molar-refractivity contribution in [3.05, 3.63) is 0 Å². The van der Waals surface area contributed by atoms with Gasteiger partial charge in [-0.15, -0.1) is 0 Å². The summed E-state index contributed by atoms with van der Waals surface area (Å²) in [6, 6.07) is 0. The predicted molar refractivity (Wildman–Crippen MR) is 60.1 cm³/mol. The van der Waals surface area contributed by atoms with Gasteiger partial charge in [0, 0.05) is 10.5 Å². The van der Waals surface area contributed by atoms with Gasteiger partial charge in [0.1, 0.15) is 0 Å². The molecule has 0 spiro atoms. The molecule has 2 aliphatic rings. The van der Waals surface area contributed by atoms with Crippen molar-refractivity contribution in [3.8, 4) is 0 Å². The third-order valence-electron chi connectivity index (χ3n) is 3.46. The summed E-state index contributed by atoms with van der Waals surface area (Å²) in [4.78, 5) is 10.7. The number of hydrogen-bond acceptors (Lipinski definition) is 3. The molecule has 0 bridgehead atoms. The average Bonchev–Trinajstić information content (AvgIpc) is 2.77. The molecule has 86 valence electrons. The van der Waals surface area contributed by atoms with Crippen molar-refractivity contribution in [2.24, 2.45) is 0 Å². The fraction of sp³-hybridized carbons (Fsp3) is 0.909. The molecule has 4 heteroatoms. The van der Waals surface area contributed by atoms with Crippen LogP contribution < -0.4 is 0 Å². The minimum atomic E-state index is -0.710. The molecule has 2 saturated carbocycles. The van der Waals surface area contributed by atoms with Crippen molar-refractivity contribution in [2.45, 2.75) is 55.3 Å². The molecule has 0 saturated heterocycles. The van der Waals surface area contributed by atoms with Gasteiger partial charge in [-0.2, -0.15) is 11.8 Å². The lowest BCUT2D eigenvalue weighted by Crippen LogP contribution is -2.29. The average molecular weight is 230 g/mol. The maximum absolute atomic E-state index is 10.7. The predicted octanol–water partition coefficient (Wildman–Crippen LogP) is 2.03. The zero-order valence-electron chi connectivity index (χ0n) is 8.87. The second-order valence-corrected chi connectivity index (χ2v) is 6.42. The molecule has 0 atom stereocenters. The van der Waals surface area contributed by atoms with Gasteiger partial charge in [-0.05, 0) is 25.7 Å². The van der Waals surface area contributed by atoms with Crippen molar-refractivity contribution >= 4 is 17.7 Å². The molecular weight excluding hydrogens is 212 g/mol. The standard InChI is InChI=1S/C11H18O3S/c12-9(13)7-11(5-6-11)15-8-10(14)3-1-2-4-10/h14H,1-8H2,(H,12,13). The van der Waals surface area contributed by atoms with E-state index < -0.39 is 11.6 Å². The summed E-state index contributed by atoms with van der Waals surface area (Å²) in [7, 11) is 0. The van der Waals surface area contributed by atoms with Crippen LogP contribution in [0.2, 0.25) is 0 Å². The molecule has 2 aliphatic carbocycles. The molecule has 0 amide bonds. The highest BCUT2D eigenvalue weighted by atomic mass is 32.2. The zero-order chi connectivity index (χ0) is 10.9. The van der Waals surface area contributed by atoms with Crippen LogP contribution in [0.4, 0.5) is 0 Å². The van der Waals surface area contributed by atoms with Crippen LogP contribution in [-0.2, 0) is 4.79 Å². The van der Waals surface area contributed by atoms with Gasteiger partial charge in [0.25, 0.3) is 0 Å². The minimum Gasteiger partial charge on any atom is -0.481 e. The molecule has 0 unspecified atom stereocenters. The van der Waals surface area contributed by atoms with Gasteiger partial charge in [0.2, 0.25) is 0 Å². The van der Waals surface area contributed by atoms with E-state index in [1.54, 1.807) is 11.8 Å². The Labute approximate surface area is 94.3 Å². The second-order valence-electron chi connectivity index (χ2n) is 4.97. The van der Waals surface area contributed by atoms with Crippen LogP contribution in [0.15, 0.2) is 0 Å². The van der Waals surface area contributed by atoms with E-state index in [2.05, 4.69) is 0 Å². The van der Waals surface area contributed by atoms with E-state index in [1.807, 2.05) is 0 Å². The summed E-state index contributed by atoms with van der Waals surface area (Å²) in [6.45, 7) is 0. The molecular formula is C11H18O3S. The highest BCUT2D eigenvalue weighted by molar-refractivity contribution is 8.01. The Morgan fingerprint density at radius 1 is 1.20 bits per heavy atom. The fourth-order valence-corrected chi connectivity index (χ4v) is 3.73. The molecule has 0 radical (unpaired) electrons. The van der Waals surface area contributed by atoms with E-state index in [4.69, 9.17) is 5.11 Å². The molecule has 2 fully saturated rings. The van der Waals surface area contributed by atoms with Crippen molar-refractivity contribution in [3.63, 3.8) is 0 Å². The molecule has 0 aromatic carbocycles. The first-order valence-electron chi connectivity index (χ1n) is 5.62. The lowest BCUT2D eigenvalue weighted by molar-refractivity contribution is -0.137. The van der Waals surface area contributed by atoms with E-state index >= 15 is 0 Å². The van der Waals surface area contributed by atoms with E-state index in [0.29, 0.717) is 0 Å². The van der Waals surface area contributed by atoms with Crippen molar-refractivity contribution in [2.75, 3.05) is 5.75 Å². The topological polar surface area (TPSA) is 57.5 Å². The Bertz CT molecular complexity index is 255. The minimum absolute atomic E-state index is 0.0375. The van der Waals surface area contributed by atoms with E-state index in [0.717, 1.165) is 44.3 Å². The third kappa shape index (κ3) is 2.88. The Morgan fingerprint density at radius 3 is 2.27 bits per heavy atom. The number of aliphatic hydroxyl groups is 1. The maximum Gasteiger partial charge on any atom is 0.304 e. The number of hydrogen-bond donors (Lipinski definition) is 2. The summed E-state index contributed by atoms with van der Waals surface area (Å²) >= 11 is 1.68. The number of thioether (sulfide) groups is 1. The van der Waals surface area contributed by atoms with Crippen molar-refractivity contribution in [1.82, 2.24) is 0 Å². The molecule has 0 aromatic rings. The fourth-order valence-electron chi connectivity index (χ4n) is 2.25. The van der Waals surface area contributed by atoms with Gasteiger partial charge < -0.3 is 10.2 Å². The van der Waals surface area contributed by atoms with Gasteiger partial charge in [-0.3, -0.25) is 4.79 Å². The van der Waals surface area contributed by atoms with Crippen molar-refractivity contribution < 1.29 is 15.0 Å². The molecule has 0 aliphatic heterocycles. The van der Waals surface area contributed by atoms with E-state index in [9.17, 15) is 9.90 Å². The highest BCUT2D eigenvalue weighted by Gasteiger charge is 2.47. The van der Waals surface area contributed by atoms with E-state index in [1.165, 1.54) is 0 Å². The Kier molecular flexibility index (Phi) is 2.99. The van der Waals surface area contributed by atoms with E-state index in [-0.39, 0.29) is 11.2 Å². The van der Waals surface area contributed by atoms with Gasteiger partial charge in [-0.25, -0.2) is 0 Å². The van der Waals surface area contributed by atoms with Gasteiger partial charge in [0.05, 0.1) is 12.0 Å². The molecule has 0 aromatic heterocycles. The van der Waals surface area contributed by atoms with Crippen LogP contribution >= 0.6 is 11.8 Å². The number of carboxylic acids is 1. The molecule has 2 rings (SSSR count). The first-order chi connectivity index (χ1) is 7.04. The molecule has 0 heterocycles. The zero-order valence-corrected chi connectivity index (χ0v) is 9.68. The van der Waals surface area contributed by atoms with Crippen LogP contribution in [0.5, 0.6) is 0 Å². The first kappa shape index (κ1) is 11.3. The third-order valence-corrected chi connectivity index (χ3v) is 5.31. The number of carboxylic acid groups (broad SMARTS) is 1. The second kappa shape index (κ2) is 3.98. The summed E-state index contributed by atoms with van der Waals surface area (Å²) in [5.41, 5.74) is -0.501. The van der Waals surface area contributed by atoms with Gasteiger partial charge in [-0.1, -0.05) is 12.8 Å². The summed E-state index contributed by atoms with van der Waals surface area (Å²) in [5.74, 6) is 0.0127. The van der Waals surface area contributed by atoms with Crippen LogP contribution in [0.3, 0.4) is 0 Å². The maximum atomic E-state index is 10.7. The Balaban J connectivity index is 1.80. The Hall–Kier alpha value is -0.220. The monoisotopic (exact) mass is 230 g/mol. The molecule has 2 N–H and O–H groups in total. The summed E-state index contributed by atoms with van der Waals surface area (Å²) in [5, 5.41) is 18.9. The molecule has 3 nitrogen and oxygen atoms in total. The Morgan fingerprint density at radius 2 is 1.80 bits per heavy atom. The SMILES string of the molecule is O=C(O)CC1(SCC2(O)CCCC2)CC1. The number of carbonyl (C=O) groups is 1. The molecule has 15 heavy (non-hydrogen) atoms. The van der Waals surface area contributed by atoms with Gasteiger partial charge in [0.15, 0.2) is 0 Å². The quantitative estimate of drug-likeness (QED) is 0.758. The number of aliphatic carboxylic acids is 1. The van der Waals surface area contributed by atoms with Gasteiger partial charge >= 0.3 is 5.97 Å². The van der Waals surface area contributed by atoms with Crippen LogP contribution in [-0.4, -0.2) is 32.3 Å². The number of rotatable bonds is 5. The normalized spacial score (nSPS) is 26.5. The first-order valence-corrected chi connectivity index (χ1v) is 6.60. The lowest BCUT2D eigenvalue weighted by atomic mass is 10.1. The highest BCUT2D eigenvalue weighted by Crippen LogP contribution is 2.53.